The fourth-order valence-corrected chi connectivity index (χ4v) is 2.39. The Kier molecular flexibility index (Phi) is 4.06. The maximum atomic E-state index is 11.9. The number of carbonyl (C=O) groups excluding carboxylic acids is 2. The van der Waals surface area contributed by atoms with Crippen LogP contribution in [-0.2, 0) is 13.1 Å². The Hall–Kier alpha value is -2.02. The topological polar surface area (TPSA) is 76.9 Å². The number of ketones is 1. The molecule has 0 radical (unpaired) electrons. The van der Waals surface area contributed by atoms with Gasteiger partial charge in [-0.15, -0.1) is 21.5 Å². The third-order valence-electron chi connectivity index (χ3n) is 2.62. The molecule has 0 saturated carbocycles. The van der Waals surface area contributed by atoms with Crippen molar-refractivity contribution in [3.8, 4) is 0 Å². The highest BCUT2D eigenvalue weighted by Crippen LogP contribution is 2.16. The van der Waals surface area contributed by atoms with Gasteiger partial charge in [-0.25, -0.2) is 0 Å². The number of aromatic nitrogens is 3. The van der Waals surface area contributed by atoms with Gasteiger partial charge in [-0.05, 0) is 26.0 Å². The molecule has 7 heteroatoms. The highest BCUT2D eigenvalue weighted by Gasteiger charge is 2.12. The van der Waals surface area contributed by atoms with Crippen LogP contribution in [0.25, 0.3) is 0 Å². The molecule has 0 aliphatic carbocycles. The average Bonchev–Trinajstić information content (AvgIpc) is 3.04. The molecule has 0 spiro atoms. The molecular weight excluding hydrogens is 264 g/mol. The Balaban J connectivity index is 1.99. The predicted molar refractivity (Wildman–Crippen MR) is 71.2 cm³/mol. The van der Waals surface area contributed by atoms with Crippen molar-refractivity contribution in [1.29, 1.82) is 0 Å². The molecule has 1 amide bonds. The first-order valence-corrected chi connectivity index (χ1v) is 6.69. The van der Waals surface area contributed by atoms with E-state index in [1.54, 1.807) is 18.5 Å². The van der Waals surface area contributed by atoms with Crippen molar-refractivity contribution in [1.82, 2.24) is 20.1 Å². The van der Waals surface area contributed by atoms with Gasteiger partial charge in [0.15, 0.2) is 11.6 Å². The Bertz CT molecular complexity index is 602. The van der Waals surface area contributed by atoms with Crippen molar-refractivity contribution in [3.63, 3.8) is 0 Å². The minimum absolute atomic E-state index is 0.0326. The van der Waals surface area contributed by atoms with Crippen molar-refractivity contribution < 1.29 is 9.59 Å². The van der Waals surface area contributed by atoms with Gasteiger partial charge >= 0.3 is 0 Å². The normalized spacial score (nSPS) is 10.4. The summed E-state index contributed by atoms with van der Waals surface area (Å²) in [5.74, 6) is 0.470. The summed E-state index contributed by atoms with van der Waals surface area (Å²) in [5, 5.41) is 10.5. The van der Waals surface area contributed by atoms with Crippen LogP contribution in [0.5, 0.6) is 0 Å². The van der Waals surface area contributed by atoms with Crippen LogP contribution in [0.4, 0.5) is 0 Å². The lowest BCUT2D eigenvalue weighted by molar-refractivity contribution is 0.0953. The molecule has 0 fully saturated rings. The van der Waals surface area contributed by atoms with Gasteiger partial charge in [-0.1, -0.05) is 0 Å². The van der Waals surface area contributed by atoms with Gasteiger partial charge in [-0.3, -0.25) is 9.59 Å². The van der Waals surface area contributed by atoms with Gasteiger partial charge in [0.05, 0.1) is 16.3 Å². The lowest BCUT2D eigenvalue weighted by atomic mass is 10.3. The Labute approximate surface area is 114 Å². The first-order valence-electron chi connectivity index (χ1n) is 5.87. The summed E-state index contributed by atoms with van der Waals surface area (Å²) in [5.41, 5.74) is 0. The fourth-order valence-electron chi connectivity index (χ4n) is 1.58. The van der Waals surface area contributed by atoms with Crippen LogP contribution < -0.4 is 5.32 Å². The van der Waals surface area contributed by atoms with Crippen LogP contribution in [0.3, 0.4) is 0 Å². The molecule has 19 heavy (non-hydrogen) atoms. The quantitative estimate of drug-likeness (QED) is 0.841. The number of hydrogen-bond acceptors (Lipinski definition) is 5. The van der Waals surface area contributed by atoms with E-state index in [9.17, 15) is 9.59 Å². The predicted octanol–water partition coefficient (Wildman–Crippen LogP) is 1.49. The van der Waals surface area contributed by atoms with Crippen LogP contribution in [0.1, 0.15) is 39.0 Å². The van der Waals surface area contributed by atoms with Crippen molar-refractivity contribution >= 4 is 23.0 Å². The highest BCUT2D eigenvalue weighted by atomic mass is 32.1. The summed E-state index contributed by atoms with van der Waals surface area (Å²) in [4.78, 5) is 24.2. The van der Waals surface area contributed by atoms with Gasteiger partial charge in [0.1, 0.15) is 6.33 Å². The summed E-state index contributed by atoms with van der Waals surface area (Å²) in [6.45, 7) is 4.54. The molecule has 0 bridgehead atoms. The molecule has 100 valence electrons. The molecule has 0 unspecified atom stereocenters. The van der Waals surface area contributed by atoms with Crippen LogP contribution in [0, 0.1) is 0 Å². The van der Waals surface area contributed by atoms with Crippen molar-refractivity contribution in [3.05, 3.63) is 34.0 Å². The second-order valence-corrected chi connectivity index (χ2v) is 5.02. The molecule has 0 atom stereocenters. The number of carbonyl (C=O) groups is 2. The molecule has 1 N–H and O–H groups in total. The van der Waals surface area contributed by atoms with E-state index in [2.05, 4.69) is 15.5 Å². The standard InChI is InChI=1S/C12H14N4O2S/c1-3-16-7-14-15-11(16)6-13-12(18)10-5-4-9(19-10)8(2)17/h4-5,7H,3,6H2,1-2H3,(H,13,18). The molecule has 6 nitrogen and oxygen atoms in total. The van der Waals surface area contributed by atoms with Crippen LogP contribution in [0.15, 0.2) is 18.5 Å². The van der Waals surface area contributed by atoms with Gasteiger partial charge in [0.2, 0.25) is 0 Å². The van der Waals surface area contributed by atoms with E-state index in [0.717, 1.165) is 6.54 Å². The smallest absolute Gasteiger partial charge is 0.261 e. The Morgan fingerprint density at radius 3 is 2.74 bits per heavy atom. The third-order valence-corrected chi connectivity index (χ3v) is 3.81. The average molecular weight is 278 g/mol. The molecule has 0 aliphatic rings. The minimum Gasteiger partial charge on any atom is -0.344 e. The second kappa shape index (κ2) is 5.75. The molecule has 2 aromatic rings. The monoisotopic (exact) mass is 278 g/mol. The van der Waals surface area contributed by atoms with E-state index in [-0.39, 0.29) is 11.7 Å². The molecular formula is C12H14N4O2S. The molecule has 0 aliphatic heterocycles. The second-order valence-electron chi connectivity index (χ2n) is 3.94. The third kappa shape index (κ3) is 3.05. The van der Waals surface area contributed by atoms with E-state index < -0.39 is 0 Å². The SMILES string of the molecule is CCn1cnnc1CNC(=O)c1ccc(C(C)=O)s1. The summed E-state index contributed by atoms with van der Waals surface area (Å²) >= 11 is 1.19. The van der Waals surface area contributed by atoms with Crippen LogP contribution in [-0.4, -0.2) is 26.5 Å². The maximum absolute atomic E-state index is 11.9. The number of rotatable bonds is 5. The largest absolute Gasteiger partial charge is 0.344 e. The van der Waals surface area contributed by atoms with Gasteiger partial charge in [-0.2, -0.15) is 0 Å². The summed E-state index contributed by atoms with van der Waals surface area (Å²) in [6.07, 6.45) is 1.63. The van der Waals surface area contributed by atoms with Crippen molar-refractivity contribution in [2.45, 2.75) is 26.9 Å². The number of nitrogens with zero attached hydrogens (tertiary/aromatic N) is 3. The summed E-state index contributed by atoms with van der Waals surface area (Å²) < 4.78 is 1.86. The lowest BCUT2D eigenvalue weighted by Crippen LogP contribution is -2.23. The van der Waals surface area contributed by atoms with Crippen molar-refractivity contribution in [2.75, 3.05) is 0 Å². The lowest BCUT2D eigenvalue weighted by Gasteiger charge is -2.04. The summed E-state index contributed by atoms with van der Waals surface area (Å²) in [6, 6.07) is 3.32. The Morgan fingerprint density at radius 2 is 2.11 bits per heavy atom. The van der Waals surface area contributed by atoms with Gasteiger partial charge in [0, 0.05) is 6.54 Å². The number of nitrogens with one attached hydrogen (secondary N) is 1. The Morgan fingerprint density at radius 1 is 1.37 bits per heavy atom. The van der Waals surface area contributed by atoms with Gasteiger partial charge in [0.25, 0.3) is 5.91 Å². The zero-order valence-electron chi connectivity index (χ0n) is 10.7. The molecule has 2 heterocycles. The first-order chi connectivity index (χ1) is 9.11. The number of hydrogen-bond donors (Lipinski definition) is 1. The number of amides is 1. The van der Waals surface area contributed by atoms with E-state index in [1.165, 1.54) is 18.3 Å². The minimum atomic E-state index is -0.205. The van der Waals surface area contributed by atoms with E-state index in [4.69, 9.17) is 0 Å². The number of Topliss-reactive ketones (excluding diaryl/α,β-unsaturated/α-hetero) is 1. The zero-order valence-corrected chi connectivity index (χ0v) is 11.5. The summed E-state index contributed by atoms with van der Waals surface area (Å²) in [7, 11) is 0. The first kappa shape index (κ1) is 13.4. The van der Waals surface area contributed by atoms with Crippen LogP contribution in [0.2, 0.25) is 0 Å². The van der Waals surface area contributed by atoms with E-state index >= 15 is 0 Å². The van der Waals surface area contributed by atoms with E-state index in [1.807, 2.05) is 11.5 Å². The number of thiophene rings is 1. The number of aryl methyl sites for hydroxylation is 1. The van der Waals surface area contributed by atoms with E-state index in [0.29, 0.717) is 22.1 Å². The maximum Gasteiger partial charge on any atom is 0.261 e. The van der Waals surface area contributed by atoms with Gasteiger partial charge < -0.3 is 9.88 Å². The van der Waals surface area contributed by atoms with Crippen LogP contribution >= 0.6 is 11.3 Å². The molecule has 2 rings (SSSR count). The molecule has 2 aromatic heterocycles. The van der Waals surface area contributed by atoms with Crippen molar-refractivity contribution in [2.24, 2.45) is 0 Å². The zero-order chi connectivity index (χ0) is 13.8. The molecule has 0 aromatic carbocycles. The molecule has 0 saturated heterocycles. The fraction of sp³-hybridized carbons (Fsp3) is 0.333. The highest BCUT2D eigenvalue weighted by molar-refractivity contribution is 7.15.